The quantitative estimate of drug-likeness (QED) is 0.674. The number of hydrogen-bond donors (Lipinski definition) is 3. The highest BCUT2D eigenvalue weighted by Crippen LogP contribution is 2.06. The zero-order valence-corrected chi connectivity index (χ0v) is 9.79. The van der Waals surface area contributed by atoms with Crippen LogP contribution in [-0.4, -0.2) is 25.8 Å². The fourth-order valence-electron chi connectivity index (χ4n) is 1.56. The molecule has 2 aromatic rings. The van der Waals surface area contributed by atoms with Crippen LogP contribution in [0, 0.1) is 0 Å². The number of hydrogen-bond acceptors (Lipinski definition) is 3. The summed E-state index contributed by atoms with van der Waals surface area (Å²) < 4.78 is 1.03. The summed E-state index contributed by atoms with van der Waals surface area (Å²) in [6, 6.07) is 6.86. The molecule has 7 nitrogen and oxygen atoms in total. The Morgan fingerprint density at radius 2 is 1.74 bits per heavy atom. The number of carboxylic acids is 1. The van der Waals surface area contributed by atoms with Gasteiger partial charge < -0.3 is 5.11 Å². The summed E-state index contributed by atoms with van der Waals surface area (Å²) in [6.45, 7) is 0.153. The van der Waals surface area contributed by atoms with Crippen molar-refractivity contribution in [2.45, 2.75) is 6.54 Å². The molecule has 19 heavy (non-hydrogen) atoms. The standard InChI is InChI=1S/C12H11N3O4/c16-10(17)6-5-8-1-3-9(4-2-8)7-15-11(18)13-14-12(15)19/h1-6H,7H2,(H,13,18)(H,14,19)(H,16,17)/b6-5+. The summed E-state index contributed by atoms with van der Waals surface area (Å²) in [6.07, 6.45) is 2.50. The molecule has 0 saturated carbocycles. The third-order valence-corrected chi connectivity index (χ3v) is 2.51. The molecule has 98 valence electrons. The van der Waals surface area contributed by atoms with E-state index >= 15 is 0 Å². The average molecular weight is 261 g/mol. The van der Waals surface area contributed by atoms with Gasteiger partial charge in [-0.25, -0.2) is 29.1 Å². The first-order valence-corrected chi connectivity index (χ1v) is 5.44. The van der Waals surface area contributed by atoms with E-state index in [1.165, 1.54) is 6.08 Å². The largest absolute Gasteiger partial charge is 0.478 e. The van der Waals surface area contributed by atoms with Crippen LogP contribution < -0.4 is 11.4 Å². The molecule has 3 N–H and O–H groups in total. The van der Waals surface area contributed by atoms with Crippen molar-refractivity contribution < 1.29 is 9.90 Å². The normalized spacial score (nSPS) is 10.9. The van der Waals surface area contributed by atoms with Gasteiger partial charge in [0.25, 0.3) is 0 Å². The van der Waals surface area contributed by atoms with Gasteiger partial charge in [-0.2, -0.15) is 0 Å². The first-order chi connectivity index (χ1) is 9.06. The van der Waals surface area contributed by atoms with Gasteiger partial charge in [0.15, 0.2) is 0 Å². The highest BCUT2D eigenvalue weighted by Gasteiger charge is 2.03. The van der Waals surface area contributed by atoms with Crippen LogP contribution in [0.15, 0.2) is 39.9 Å². The second-order valence-electron chi connectivity index (χ2n) is 3.86. The van der Waals surface area contributed by atoms with E-state index in [0.29, 0.717) is 0 Å². The van der Waals surface area contributed by atoms with E-state index < -0.39 is 17.3 Å². The number of benzene rings is 1. The smallest absolute Gasteiger partial charge is 0.344 e. The third-order valence-electron chi connectivity index (χ3n) is 2.51. The molecular weight excluding hydrogens is 250 g/mol. The van der Waals surface area contributed by atoms with Gasteiger partial charge in [-0.05, 0) is 17.2 Å². The van der Waals surface area contributed by atoms with Crippen molar-refractivity contribution in [1.29, 1.82) is 0 Å². The lowest BCUT2D eigenvalue weighted by Gasteiger charge is -2.00. The minimum absolute atomic E-state index is 0.153. The average Bonchev–Trinajstić information content (AvgIpc) is 2.70. The maximum atomic E-state index is 11.3. The molecule has 0 atom stereocenters. The lowest BCUT2D eigenvalue weighted by molar-refractivity contribution is -0.131. The predicted molar refractivity (Wildman–Crippen MR) is 67.9 cm³/mol. The van der Waals surface area contributed by atoms with Crippen LogP contribution in [0.25, 0.3) is 6.08 Å². The summed E-state index contributed by atoms with van der Waals surface area (Å²) in [7, 11) is 0. The van der Waals surface area contributed by atoms with Crippen LogP contribution in [0.4, 0.5) is 0 Å². The summed E-state index contributed by atoms with van der Waals surface area (Å²) in [5, 5.41) is 12.9. The molecule has 0 saturated heterocycles. The van der Waals surface area contributed by atoms with Gasteiger partial charge in [-0.15, -0.1) is 0 Å². The number of nitrogens with one attached hydrogen (secondary N) is 2. The minimum atomic E-state index is -1.02. The van der Waals surface area contributed by atoms with E-state index in [1.54, 1.807) is 24.3 Å². The molecule has 7 heteroatoms. The lowest BCUT2D eigenvalue weighted by atomic mass is 10.1. The van der Waals surface area contributed by atoms with E-state index in [4.69, 9.17) is 5.11 Å². The molecule has 0 unspecified atom stereocenters. The third kappa shape index (κ3) is 3.09. The van der Waals surface area contributed by atoms with Gasteiger partial charge in [0, 0.05) is 6.08 Å². The van der Waals surface area contributed by atoms with Gasteiger partial charge in [0.2, 0.25) is 0 Å². The molecule has 0 bridgehead atoms. The first kappa shape index (κ1) is 12.6. The fourth-order valence-corrected chi connectivity index (χ4v) is 1.56. The molecule has 1 aromatic carbocycles. The highest BCUT2D eigenvalue weighted by atomic mass is 16.4. The molecular formula is C12H11N3O4. The summed E-state index contributed by atoms with van der Waals surface area (Å²) in [5.41, 5.74) is 0.487. The highest BCUT2D eigenvalue weighted by molar-refractivity contribution is 5.85. The Morgan fingerprint density at radius 1 is 1.16 bits per heavy atom. The number of carboxylic acid groups (broad SMARTS) is 1. The molecule has 0 aliphatic rings. The van der Waals surface area contributed by atoms with Crippen molar-refractivity contribution in [3.63, 3.8) is 0 Å². The van der Waals surface area contributed by atoms with Crippen LogP contribution in [0.2, 0.25) is 0 Å². The van der Waals surface area contributed by atoms with E-state index in [2.05, 4.69) is 10.2 Å². The van der Waals surface area contributed by atoms with Gasteiger partial charge in [0.1, 0.15) is 0 Å². The lowest BCUT2D eigenvalue weighted by Crippen LogP contribution is -2.26. The van der Waals surface area contributed by atoms with Crippen molar-refractivity contribution in [1.82, 2.24) is 14.8 Å². The molecule has 0 radical (unpaired) electrons. The van der Waals surface area contributed by atoms with Crippen molar-refractivity contribution in [3.8, 4) is 0 Å². The van der Waals surface area contributed by atoms with Crippen LogP contribution in [0.3, 0.4) is 0 Å². The first-order valence-electron chi connectivity index (χ1n) is 5.44. The summed E-state index contributed by atoms with van der Waals surface area (Å²) in [4.78, 5) is 32.9. The van der Waals surface area contributed by atoms with Crippen LogP contribution >= 0.6 is 0 Å². The van der Waals surface area contributed by atoms with Crippen LogP contribution in [0.1, 0.15) is 11.1 Å². The molecule has 1 aromatic heterocycles. The van der Waals surface area contributed by atoms with Crippen molar-refractivity contribution >= 4 is 12.0 Å². The Labute approximate surface area is 106 Å². The monoisotopic (exact) mass is 261 g/mol. The van der Waals surface area contributed by atoms with Crippen LogP contribution in [0.5, 0.6) is 0 Å². The molecule has 0 aliphatic carbocycles. The maximum Gasteiger partial charge on any atom is 0.344 e. The van der Waals surface area contributed by atoms with E-state index in [1.807, 2.05) is 0 Å². The Balaban J connectivity index is 2.18. The predicted octanol–water partition coefficient (Wildman–Crippen LogP) is 0.0108. The number of H-pyrrole nitrogens is 2. The minimum Gasteiger partial charge on any atom is -0.478 e. The number of carbonyl (C=O) groups is 1. The summed E-state index contributed by atoms with van der Waals surface area (Å²) >= 11 is 0. The molecule has 0 spiro atoms. The number of rotatable bonds is 4. The van der Waals surface area contributed by atoms with Crippen molar-refractivity contribution in [3.05, 3.63) is 62.4 Å². The van der Waals surface area contributed by atoms with Gasteiger partial charge in [0.05, 0.1) is 6.54 Å². The number of nitrogens with zero attached hydrogens (tertiary/aromatic N) is 1. The second-order valence-corrected chi connectivity index (χ2v) is 3.86. The van der Waals surface area contributed by atoms with Crippen molar-refractivity contribution in [2.75, 3.05) is 0 Å². The Bertz CT molecular complexity index is 691. The zero-order valence-electron chi connectivity index (χ0n) is 9.79. The van der Waals surface area contributed by atoms with Crippen LogP contribution in [-0.2, 0) is 11.3 Å². The van der Waals surface area contributed by atoms with Gasteiger partial charge in [-0.1, -0.05) is 24.3 Å². The van der Waals surface area contributed by atoms with Crippen molar-refractivity contribution in [2.24, 2.45) is 0 Å². The van der Waals surface area contributed by atoms with E-state index in [-0.39, 0.29) is 6.54 Å². The fraction of sp³-hybridized carbons (Fsp3) is 0.0833. The van der Waals surface area contributed by atoms with Gasteiger partial charge >= 0.3 is 17.3 Å². The molecule has 2 rings (SSSR count). The van der Waals surface area contributed by atoms with E-state index in [9.17, 15) is 14.4 Å². The molecule has 0 amide bonds. The number of aliphatic carboxylic acids is 1. The Morgan fingerprint density at radius 3 is 2.26 bits per heavy atom. The Kier molecular flexibility index (Phi) is 3.46. The SMILES string of the molecule is O=C(O)/C=C/c1ccc(Cn2c(=O)[nH][nH]c2=O)cc1. The maximum absolute atomic E-state index is 11.3. The second kappa shape index (κ2) is 5.21. The van der Waals surface area contributed by atoms with Gasteiger partial charge in [-0.3, -0.25) is 0 Å². The topological polar surface area (TPSA) is 108 Å². The van der Waals surface area contributed by atoms with E-state index in [0.717, 1.165) is 21.8 Å². The molecule has 1 heterocycles. The number of aromatic nitrogens is 3. The molecule has 0 aliphatic heterocycles. The summed E-state index contributed by atoms with van der Waals surface area (Å²) in [5.74, 6) is -1.02. The number of aromatic amines is 2. The Hall–Kier alpha value is -2.83. The molecule has 0 fully saturated rings. The zero-order chi connectivity index (χ0) is 13.8.